The first kappa shape index (κ1) is 16.9. The summed E-state index contributed by atoms with van der Waals surface area (Å²) in [6, 6.07) is 2.72. The first-order valence-corrected chi connectivity index (χ1v) is 6.81. The van der Waals surface area contributed by atoms with Gasteiger partial charge in [0.15, 0.2) is 17.4 Å². The summed E-state index contributed by atoms with van der Waals surface area (Å²) < 4.78 is 32.8. The molecule has 3 nitrogen and oxygen atoms in total. The quantitative estimate of drug-likeness (QED) is 0.810. The van der Waals surface area contributed by atoms with Crippen molar-refractivity contribution in [3.05, 3.63) is 29.3 Å². The number of ether oxygens (including phenoxy) is 1. The summed E-state index contributed by atoms with van der Waals surface area (Å²) in [5.41, 5.74) is -0.584. The van der Waals surface area contributed by atoms with E-state index in [1.54, 1.807) is 13.8 Å². The first-order valence-electron chi connectivity index (χ1n) is 6.81. The lowest BCUT2D eigenvalue weighted by molar-refractivity contribution is 0.00610. The van der Waals surface area contributed by atoms with Crippen LogP contribution in [0.4, 0.5) is 8.78 Å². The molecule has 0 aliphatic heterocycles. The Morgan fingerprint density at radius 3 is 2.30 bits per heavy atom. The molecule has 5 heteroatoms. The number of nitrogens with one attached hydrogen (secondary N) is 1. The normalized spacial score (nSPS) is 14.4. The standard InChI is InChI=1S/C15H23F2NO2/c1-5-15(4,19)9-20-14-12(16)6-11(7-13(14)17)8-18-10(2)3/h6-7,10,18-19H,5,8-9H2,1-4H3. The summed E-state index contributed by atoms with van der Waals surface area (Å²) in [6.45, 7) is 7.48. The summed E-state index contributed by atoms with van der Waals surface area (Å²) in [5, 5.41) is 12.9. The second kappa shape index (κ2) is 6.99. The van der Waals surface area contributed by atoms with Gasteiger partial charge in [0, 0.05) is 12.6 Å². The maximum absolute atomic E-state index is 13.8. The molecule has 1 aromatic carbocycles. The van der Waals surface area contributed by atoms with Gasteiger partial charge in [0.2, 0.25) is 0 Å². The Morgan fingerprint density at radius 2 is 1.85 bits per heavy atom. The average Bonchev–Trinajstić information content (AvgIpc) is 2.35. The second-order valence-electron chi connectivity index (χ2n) is 5.56. The number of halogens is 2. The van der Waals surface area contributed by atoms with E-state index in [1.165, 1.54) is 12.1 Å². The highest BCUT2D eigenvalue weighted by Gasteiger charge is 2.21. The number of aliphatic hydroxyl groups is 1. The van der Waals surface area contributed by atoms with Crippen LogP contribution in [-0.2, 0) is 6.54 Å². The Kier molecular flexibility index (Phi) is 5.89. The van der Waals surface area contributed by atoms with Crippen LogP contribution in [-0.4, -0.2) is 23.4 Å². The minimum absolute atomic E-state index is 0.152. The third-order valence-electron chi connectivity index (χ3n) is 3.06. The third kappa shape index (κ3) is 5.06. The fourth-order valence-corrected chi connectivity index (χ4v) is 1.50. The van der Waals surface area contributed by atoms with Gasteiger partial charge >= 0.3 is 0 Å². The van der Waals surface area contributed by atoms with Gasteiger partial charge < -0.3 is 15.2 Å². The number of hydrogen-bond donors (Lipinski definition) is 2. The van der Waals surface area contributed by atoms with Crippen molar-refractivity contribution < 1.29 is 18.6 Å². The summed E-state index contributed by atoms with van der Waals surface area (Å²) in [6.07, 6.45) is 0.437. The lowest BCUT2D eigenvalue weighted by Gasteiger charge is -2.22. The van der Waals surface area contributed by atoms with Crippen LogP contribution in [0.15, 0.2) is 12.1 Å². The zero-order valence-corrected chi connectivity index (χ0v) is 12.5. The van der Waals surface area contributed by atoms with Crippen LogP contribution in [0.2, 0.25) is 0 Å². The molecular weight excluding hydrogens is 264 g/mol. The fraction of sp³-hybridized carbons (Fsp3) is 0.600. The largest absolute Gasteiger partial charge is 0.485 e. The lowest BCUT2D eigenvalue weighted by atomic mass is 10.1. The van der Waals surface area contributed by atoms with E-state index in [0.717, 1.165) is 0 Å². The van der Waals surface area contributed by atoms with E-state index in [9.17, 15) is 13.9 Å². The van der Waals surface area contributed by atoms with Crippen molar-refractivity contribution in [2.45, 2.75) is 52.3 Å². The molecule has 0 bridgehead atoms. The van der Waals surface area contributed by atoms with E-state index in [1.807, 2.05) is 13.8 Å². The number of hydrogen-bond acceptors (Lipinski definition) is 3. The molecule has 0 aromatic heterocycles. The molecule has 2 N–H and O–H groups in total. The highest BCUT2D eigenvalue weighted by atomic mass is 19.1. The zero-order valence-electron chi connectivity index (χ0n) is 12.5. The van der Waals surface area contributed by atoms with E-state index in [2.05, 4.69) is 5.32 Å². The summed E-state index contributed by atoms with van der Waals surface area (Å²) in [5.74, 6) is -1.94. The zero-order chi connectivity index (χ0) is 15.3. The van der Waals surface area contributed by atoms with Crippen LogP contribution in [0.1, 0.15) is 39.7 Å². The van der Waals surface area contributed by atoms with Gasteiger partial charge in [-0.1, -0.05) is 20.8 Å². The predicted molar refractivity (Wildman–Crippen MR) is 74.7 cm³/mol. The fourth-order valence-electron chi connectivity index (χ4n) is 1.50. The van der Waals surface area contributed by atoms with Crippen LogP contribution in [0, 0.1) is 11.6 Å². The molecule has 0 spiro atoms. The average molecular weight is 287 g/mol. The monoisotopic (exact) mass is 287 g/mol. The second-order valence-corrected chi connectivity index (χ2v) is 5.56. The smallest absolute Gasteiger partial charge is 0.190 e. The van der Waals surface area contributed by atoms with Crippen LogP contribution in [0.5, 0.6) is 5.75 Å². The van der Waals surface area contributed by atoms with Crippen LogP contribution in [0.3, 0.4) is 0 Å². The van der Waals surface area contributed by atoms with Crippen molar-refractivity contribution in [3.63, 3.8) is 0 Å². The summed E-state index contributed by atoms with van der Waals surface area (Å²) in [4.78, 5) is 0. The SMILES string of the molecule is CCC(C)(O)COc1c(F)cc(CNC(C)C)cc1F. The lowest BCUT2D eigenvalue weighted by Crippen LogP contribution is -2.31. The van der Waals surface area contributed by atoms with Crippen LogP contribution < -0.4 is 10.1 Å². The van der Waals surface area contributed by atoms with E-state index < -0.39 is 23.0 Å². The van der Waals surface area contributed by atoms with Gasteiger partial charge in [0.1, 0.15) is 6.61 Å². The van der Waals surface area contributed by atoms with E-state index in [0.29, 0.717) is 18.5 Å². The molecule has 0 saturated heterocycles. The van der Waals surface area contributed by atoms with Gasteiger partial charge in [-0.3, -0.25) is 0 Å². The van der Waals surface area contributed by atoms with Gasteiger partial charge in [-0.05, 0) is 31.0 Å². The topological polar surface area (TPSA) is 41.5 Å². The van der Waals surface area contributed by atoms with Crippen molar-refractivity contribution in [3.8, 4) is 5.75 Å². The molecule has 20 heavy (non-hydrogen) atoms. The Bertz CT molecular complexity index is 424. The molecule has 0 fully saturated rings. The summed E-state index contributed by atoms with van der Waals surface area (Å²) in [7, 11) is 0. The van der Waals surface area contributed by atoms with Gasteiger partial charge in [0.25, 0.3) is 0 Å². The Labute approximate surface area is 119 Å². The molecule has 0 saturated carbocycles. The molecular formula is C15H23F2NO2. The Morgan fingerprint density at radius 1 is 1.30 bits per heavy atom. The molecule has 1 aromatic rings. The van der Waals surface area contributed by atoms with Crippen molar-refractivity contribution in [1.82, 2.24) is 5.32 Å². The maximum atomic E-state index is 13.8. The van der Waals surface area contributed by atoms with Gasteiger partial charge in [0.05, 0.1) is 5.60 Å². The van der Waals surface area contributed by atoms with Crippen molar-refractivity contribution >= 4 is 0 Å². The number of benzene rings is 1. The third-order valence-corrected chi connectivity index (χ3v) is 3.06. The highest BCUT2D eigenvalue weighted by molar-refractivity contribution is 5.31. The van der Waals surface area contributed by atoms with E-state index in [4.69, 9.17) is 4.74 Å². The predicted octanol–water partition coefficient (Wildman–Crippen LogP) is 3.00. The molecule has 1 unspecified atom stereocenters. The van der Waals surface area contributed by atoms with Crippen molar-refractivity contribution in [2.24, 2.45) is 0 Å². The molecule has 1 rings (SSSR count). The molecule has 0 amide bonds. The Balaban J connectivity index is 2.79. The van der Waals surface area contributed by atoms with Crippen molar-refractivity contribution in [1.29, 1.82) is 0 Å². The van der Waals surface area contributed by atoms with Gasteiger partial charge in [-0.25, -0.2) is 8.78 Å². The number of rotatable bonds is 7. The highest BCUT2D eigenvalue weighted by Crippen LogP contribution is 2.25. The molecule has 0 aliphatic carbocycles. The van der Waals surface area contributed by atoms with Gasteiger partial charge in [-0.15, -0.1) is 0 Å². The van der Waals surface area contributed by atoms with E-state index >= 15 is 0 Å². The minimum Gasteiger partial charge on any atom is -0.485 e. The molecule has 0 heterocycles. The summed E-state index contributed by atoms with van der Waals surface area (Å²) >= 11 is 0. The maximum Gasteiger partial charge on any atom is 0.190 e. The van der Waals surface area contributed by atoms with Gasteiger partial charge in [-0.2, -0.15) is 0 Å². The van der Waals surface area contributed by atoms with Crippen LogP contribution in [0.25, 0.3) is 0 Å². The minimum atomic E-state index is -1.10. The van der Waals surface area contributed by atoms with E-state index in [-0.39, 0.29) is 12.6 Å². The molecule has 1 atom stereocenters. The molecule has 0 radical (unpaired) electrons. The first-order chi connectivity index (χ1) is 9.25. The Hall–Kier alpha value is -1.20. The molecule has 0 aliphatic rings. The van der Waals surface area contributed by atoms with Crippen LogP contribution >= 0.6 is 0 Å². The van der Waals surface area contributed by atoms with Crippen molar-refractivity contribution in [2.75, 3.05) is 6.61 Å². The molecule has 114 valence electrons.